The van der Waals surface area contributed by atoms with Crippen LogP contribution < -0.4 is 0 Å². The van der Waals surface area contributed by atoms with Gasteiger partial charge in [-0.25, -0.2) is 4.79 Å². The third-order valence-corrected chi connectivity index (χ3v) is 11.0. The standard InChI is InChI=1S/C13H16O.C13H22P2.C7H9NO2.C7H12O2.C6H12O.C5H10O.2CH4/c1-9(2)11(4)13(14)12-7-5-10(3)6-8-12;1-11-10-12(4-2-8-14)6-7-13(11)5-3-9-15;1-4-5(2)7(10)8(3)6(4)9;1-5(2)6(3)7(8)9-4;1-5(2)6(3)7-4;1-5(2)3-6-4-5;;/h5-8H,1-4H3;6-7,10H,2-5,8-9,14-15H2,1H3;1-3H3;1-4H3;1-4H3;3-4H2,1-2H3;2*1H4. The summed E-state index contributed by atoms with van der Waals surface area (Å²) in [4.78, 5) is 45.6. The number of hydrogen-bond donors (Lipinski definition) is 0. The Bertz CT molecular complexity index is 1810. The zero-order valence-corrected chi connectivity index (χ0v) is 43.5. The SMILES string of the molecule is C.C.CC(C)=C(C)C(=O)c1ccc(C)cc1.CC1(C)COC1.CC1=C(C)C(=O)N(C)C1=O.COC(=O)C(C)=C(C)C.COC(C)=C(C)C.Cc1cc(CCCP)ccc1CCCP. The Hall–Kier alpha value is -3.70. The van der Waals surface area contributed by atoms with Gasteiger partial charge in [0, 0.05) is 34.7 Å². The zero-order chi connectivity index (χ0) is 47.6. The third kappa shape index (κ3) is 26.6. The highest BCUT2D eigenvalue weighted by Gasteiger charge is 2.29. The summed E-state index contributed by atoms with van der Waals surface area (Å²) in [6.07, 6.45) is 7.39. The average molecular weight is 914 g/mol. The first-order valence-corrected chi connectivity index (χ1v) is 22.7. The summed E-state index contributed by atoms with van der Waals surface area (Å²) in [5.74, 6) is 0.546. The first-order valence-electron chi connectivity index (χ1n) is 21.1. The molecule has 2 aromatic rings. The van der Waals surface area contributed by atoms with Gasteiger partial charge in [0.1, 0.15) is 0 Å². The first kappa shape index (κ1) is 65.9. The van der Waals surface area contributed by atoms with Crippen LogP contribution in [0.2, 0.25) is 0 Å². The molecule has 2 unspecified atom stereocenters. The zero-order valence-electron chi connectivity index (χ0n) is 41.2. The number of methoxy groups -OCH3 is 2. The summed E-state index contributed by atoms with van der Waals surface area (Å²) in [5.41, 5.74) is 12.9. The average Bonchev–Trinajstić information content (AvgIpc) is 3.38. The van der Waals surface area contributed by atoms with Gasteiger partial charge < -0.3 is 14.2 Å². The molecule has 63 heavy (non-hydrogen) atoms. The monoisotopic (exact) mass is 914 g/mol. The molecule has 0 saturated carbocycles. The summed E-state index contributed by atoms with van der Waals surface area (Å²) in [6, 6.07) is 14.7. The fourth-order valence-corrected chi connectivity index (χ4v) is 5.34. The number of carbonyl (C=O) groups is 4. The van der Waals surface area contributed by atoms with E-state index in [0.29, 0.717) is 22.1 Å². The molecule has 0 N–H and O–H groups in total. The lowest BCUT2D eigenvalue weighted by Gasteiger charge is -2.33. The normalized spacial score (nSPS) is 12.6. The molecule has 0 aromatic heterocycles. The minimum Gasteiger partial charge on any atom is -0.501 e. The van der Waals surface area contributed by atoms with Crippen molar-refractivity contribution in [2.45, 2.75) is 144 Å². The number of esters is 1. The van der Waals surface area contributed by atoms with E-state index in [2.05, 4.69) is 62.2 Å². The maximum absolute atomic E-state index is 11.8. The second-order valence-electron chi connectivity index (χ2n) is 16.8. The summed E-state index contributed by atoms with van der Waals surface area (Å²) in [5, 5.41) is 0. The second kappa shape index (κ2) is 34.7. The van der Waals surface area contributed by atoms with Gasteiger partial charge in [-0.05, 0) is 156 Å². The second-order valence-corrected chi connectivity index (χ2v) is 18.0. The van der Waals surface area contributed by atoms with E-state index in [0.717, 1.165) is 46.2 Å². The topological polar surface area (TPSA) is 99.2 Å². The van der Waals surface area contributed by atoms with Gasteiger partial charge in [-0.1, -0.05) is 87.9 Å². The van der Waals surface area contributed by atoms with Crippen LogP contribution in [0.25, 0.3) is 0 Å². The lowest BCUT2D eigenvalue weighted by molar-refractivity contribution is -0.137. The highest BCUT2D eigenvalue weighted by molar-refractivity contribution is 7.16. The molecule has 358 valence electrons. The number of nitrogens with zero attached hydrogens (tertiary/aromatic N) is 1. The summed E-state index contributed by atoms with van der Waals surface area (Å²) >= 11 is 0. The number of carbonyl (C=O) groups excluding carboxylic acids is 4. The molecule has 1 saturated heterocycles. The lowest BCUT2D eigenvalue weighted by Crippen LogP contribution is -2.36. The van der Waals surface area contributed by atoms with Crippen LogP contribution in [0.5, 0.6) is 0 Å². The van der Waals surface area contributed by atoms with Crippen molar-refractivity contribution in [2.24, 2.45) is 5.41 Å². The van der Waals surface area contributed by atoms with Gasteiger partial charge in [0.25, 0.3) is 11.8 Å². The molecule has 0 spiro atoms. The Kier molecular flexibility index (Phi) is 36.3. The van der Waals surface area contributed by atoms with Gasteiger partial charge in [-0.2, -0.15) is 0 Å². The molecular weight excluding hydrogens is 825 g/mol. The van der Waals surface area contributed by atoms with Crippen molar-refractivity contribution in [2.75, 3.05) is 46.8 Å². The Morgan fingerprint density at radius 1 is 0.683 bits per heavy atom. The Morgan fingerprint density at radius 3 is 1.40 bits per heavy atom. The number of imide groups is 1. The fraction of sp³-hybridized carbons (Fsp3) is 0.547. The Labute approximate surface area is 390 Å². The molecule has 2 aliphatic rings. The molecule has 4 rings (SSSR count). The highest BCUT2D eigenvalue weighted by Crippen LogP contribution is 2.24. The van der Waals surface area contributed by atoms with Gasteiger partial charge >= 0.3 is 5.97 Å². The van der Waals surface area contributed by atoms with Gasteiger partial charge in [-0.3, -0.25) is 19.3 Å². The van der Waals surface area contributed by atoms with Crippen LogP contribution in [0.1, 0.15) is 150 Å². The molecule has 2 aliphatic heterocycles. The maximum Gasteiger partial charge on any atom is 0.333 e. The number of rotatable bonds is 10. The van der Waals surface area contributed by atoms with E-state index < -0.39 is 0 Å². The molecule has 1 fully saturated rings. The molecule has 2 atom stereocenters. The highest BCUT2D eigenvalue weighted by atomic mass is 31.0. The number of likely N-dealkylation sites (N-methyl/N-ethyl adjacent to an activating group) is 1. The lowest BCUT2D eigenvalue weighted by atomic mass is 9.92. The summed E-state index contributed by atoms with van der Waals surface area (Å²) < 4.78 is 14.3. The number of ketones is 1. The van der Waals surface area contributed by atoms with Crippen molar-refractivity contribution in [3.8, 4) is 0 Å². The number of aryl methyl sites for hydroxylation is 4. The molecule has 0 aliphatic carbocycles. The molecule has 0 bridgehead atoms. The molecule has 10 heteroatoms. The van der Waals surface area contributed by atoms with Crippen LogP contribution in [0.3, 0.4) is 0 Å². The molecule has 2 amide bonds. The van der Waals surface area contributed by atoms with Crippen LogP contribution in [-0.2, 0) is 41.4 Å². The largest absolute Gasteiger partial charge is 0.501 e. The fourth-order valence-electron chi connectivity index (χ4n) is 4.93. The van der Waals surface area contributed by atoms with Crippen LogP contribution in [0, 0.1) is 19.3 Å². The van der Waals surface area contributed by atoms with Crippen molar-refractivity contribution in [3.63, 3.8) is 0 Å². The van der Waals surface area contributed by atoms with E-state index in [4.69, 9.17) is 9.47 Å². The van der Waals surface area contributed by atoms with Gasteiger partial charge in [0.05, 0.1) is 33.2 Å². The minimum atomic E-state index is -0.241. The smallest absolute Gasteiger partial charge is 0.333 e. The third-order valence-electron chi connectivity index (χ3n) is 10.2. The molecule has 2 heterocycles. The van der Waals surface area contributed by atoms with E-state index in [-0.39, 0.29) is 38.4 Å². The Morgan fingerprint density at radius 2 is 1.13 bits per heavy atom. The van der Waals surface area contributed by atoms with E-state index in [1.165, 1.54) is 80.0 Å². The minimum absolute atomic E-state index is 0. The number of amides is 2. The van der Waals surface area contributed by atoms with Crippen LogP contribution >= 0.6 is 18.5 Å². The van der Waals surface area contributed by atoms with E-state index in [1.807, 2.05) is 86.6 Å². The molecule has 2 aromatic carbocycles. The summed E-state index contributed by atoms with van der Waals surface area (Å²) in [6.45, 7) is 31.2. The number of hydrogen-bond acceptors (Lipinski definition) is 7. The van der Waals surface area contributed by atoms with Crippen LogP contribution in [-0.4, -0.2) is 75.3 Å². The maximum atomic E-state index is 11.8. The van der Waals surface area contributed by atoms with Crippen molar-refractivity contribution in [1.82, 2.24) is 4.90 Å². The number of ether oxygens (including phenoxy) is 3. The molecular formula is C53H89NO7P2. The molecule has 8 nitrogen and oxygen atoms in total. The van der Waals surface area contributed by atoms with Gasteiger partial charge in [0.15, 0.2) is 5.78 Å². The van der Waals surface area contributed by atoms with Crippen LogP contribution in [0.4, 0.5) is 0 Å². The number of Topliss-reactive ketones (excluding diaryl/α,β-unsaturated/α-hetero) is 1. The van der Waals surface area contributed by atoms with Crippen molar-refractivity contribution < 1.29 is 33.4 Å². The van der Waals surface area contributed by atoms with Crippen LogP contribution in [0.15, 0.2) is 87.2 Å². The van der Waals surface area contributed by atoms with Gasteiger partial charge in [0.2, 0.25) is 0 Å². The first-order chi connectivity index (χ1) is 28.3. The van der Waals surface area contributed by atoms with E-state index in [9.17, 15) is 19.2 Å². The summed E-state index contributed by atoms with van der Waals surface area (Å²) in [7, 11) is 10.1. The Balaban J connectivity index is -0.000000338. The molecule has 0 radical (unpaired) electrons. The van der Waals surface area contributed by atoms with Crippen molar-refractivity contribution >= 4 is 42.0 Å². The number of allylic oxidation sites excluding steroid dienone is 5. The number of benzene rings is 2. The van der Waals surface area contributed by atoms with E-state index >= 15 is 0 Å². The predicted molar refractivity (Wildman–Crippen MR) is 278 cm³/mol. The van der Waals surface area contributed by atoms with E-state index in [1.54, 1.807) is 27.9 Å². The van der Waals surface area contributed by atoms with Crippen molar-refractivity contribution in [3.05, 3.63) is 115 Å². The predicted octanol–water partition coefficient (Wildman–Crippen LogP) is 13.2. The quantitative estimate of drug-likeness (QED) is 0.0584. The van der Waals surface area contributed by atoms with Crippen molar-refractivity contribution in [1.29, 1.82) is 0 Å². The van der Waals surface area contributed by atoms with Gasteiger partial charge in [-0.15, -0.1) is 18.5 Å².